The molecule has 1 aliphatic carbocycles. The van der Waals surface area contributed by atoms with Crippen LogP contribution in [0.4, 0.5) is 0 Å². The van der Waals surface area contributed by atoms with E-state index in [9.17, 15) is 0 Å². The summed E-state index contributed by atoms with van der Waals surface area (Å²) in [7, 11) is 4.22. The van der Waals surface area contributed by atoms with Crippen molar-refractivity contribution in [3.8, 4) is 0 Å². The van der Waals surface area contributed by atoms with Gasteiger partial charge in [0.25, 0.3) is 0 Å². The fourth-order valence-electron chi connectivity index (χ4n) is 1.34. The van der Waals surface area contributed by atoms with Gasteiger partial charge in [-0.15, -0.1) is 0 Å². The van der Waals surface area contributed by atoms with E-state index in [0.29, 0.717) is 0 Å². The number of rotatable bonds is 2. The normalized spacial score (nSPS) is 17.4. The van der Waals surface area contributed by atoms with Crippen LogP contribution in [0.5, 0.6) is 0 Å². The Labute approximate surface area is 69.4 Å². The summed E-state index contributed by atoms with van der Waals surface area (Å²) in [4.78, 5) is 2.20. The van der Waals surface area contributed by atoms with Gasteiger partial charge in [-0.1, -0.05) is 18.6 Å². The summed E-state index contributed by atoms with van der Waals surface area (Å²) in [5.74, 6) is 0. The van der Waals surface area contributed by atoms with Crippen LogP contribution >= 0.6 is 0 Å². The molecule has 11 heavy (non-hydrogen) atoms. The summed E-state index contributed by atoms with van der Waals surface area (Å²) in [6.07, 6.45) is 8.17. The van der Waals surface area contributed by atoms with E-state index in [-0.39, 0.29) is 0 Å². The molecule has 0 heterocycles. The van der Waals surface area contributed by atoms with Gasteiger partial charge in [0.15, 0.2) is 0 Å². The van der Waals surface area contributed by atoms with Gasteiger partial charge in [0.1, 0.15) is 0 Å². The van der Waals surface area contributed by atoms with Crippen LogP contribution in [0, 0.1) is 0 Å². The smallest absolute Gasteiger partial charge is 0.0131 e. The zero-order valence-corrected chi connectivity index (χ0v) is 7.72. The largest absolute Gasteiger partial charge is 0.381 e. The first-order chi connectivity index (χ1) is 5.24. The molecule has 0 spiro atoms. The maximum absolute atomic E-state index is 2.26. The molecule has 0 aliphatic heterocycles. The van der Waals surface area contributed by atoms with Gasteiger partial charge < -0.3 is 4.90 Å². The van der Waals surface area contributed by atoms with Crippen LogP contribution in [-0.4, -0.2) is 19.0 Å². The van der Waals surface area contributed by atoms with E-state index in [1.54, 1.807) is 5.57 Å². The summed E-state index contributed by atoms with van der Waals surface area (Å²) >= 11 is 0. The molecule has 0 radical (unpaired) electrons. The zero-order chi connectivity index (χ0) is 8.27. The molecule has 0 saturated heterocycles. The third-order valence-corrected chi connectivity index (χ3v) is 2.24. The maximum atomic E-state index is 2.26. The van der Waals surface area contributed by atoms with Crippen molar-refractivity contribution >= 4 is 0 Å². The number of allylic oxidation sites excluding steroid dienone is 4. The van der Waals surface area contributed by atoms with Crippen LogP contribution in [0.25, 0.3) is 0 Å². The second kappa shape index (κ2) is 3.61. The van der Waals surface area contributed by atoms with Crippen molar-refractivity contribution in [3.05, 3.63) is 23.4 Å². The molecule has 0 aromatic carbocycles. The van der Waals surface area contributed by atoms with Crippen molar-refractivity contribution in [3.63, 3.8) is 0 Å². The second-order valence-electron chi connectivity index (χ2n) is 3.23. The van der Waals surface area contributed by atoms with Crippen molar-refractivity contribution < 1.29 is 0 Å². The number of hydrogen-bond donors (Lipinski definition) is 0. The lowest BCUT2D eigenvalue weighted by molar-refractivity contribution is 0.482. The Kier molecular flexibility index (Phi) is 2.75. The Hall–Kier alpha value is -0.720. The van der Waals surface area contributed by atoms with Crippen LogP contribution in [0.2, 0.25) is 0 Å². The average Bonchev–Trinajstić information content (AvgIpc) is 2.05. The van der Waals surface area contributed by atoms with E-state index in [1.807, 2.05) is 0 Å². The summed E-state index contributed by atoms with van der Waals surface area (Å²) in [5.41, 5.74) is 3.03. The molecule has 0 saturated carbocycles. The zero-order valence-electron chi connectivity index (χ0n) is 7.72. The van der Waals surface area contributed by atoms with E-state index in [4.69, 9.17) is 0 Å². The topological polar surface area (TPSA) is 3.24 Å². The monoisotopic (exact) mass is 151 g/mol. The lowest BCUT2D eigenvalue weighted by Gasteiger charge is -2.20. The molecule has 0 N–H and O–H groups in total. The van der Waals surface area contributed by atoms with Crippen molar-refractivity contribution in [2.45, 2.75) is 26.2 Å². The summed E-state index contributed by atoms with van der Waals surface area (Å²) in [5, 5.41) is 0. The van der Waals surface area contributed by atoms with Crippen LogP contribution < -0.4 is 0 Å². The second-order valence-corrected chi connectivity index (χ2v) is 3.23. The molecule has 0 bridgehead atoms. The molecule has 0 atom stereocenters. The maximum Gasteiger partial charge on any atom is 0.0131 e. The van der Waals surface area contributed by atoms with Gasteiger partial charge in [-0.2, -0.15) is 0 Å². The van der Waals surface area contributed by atoms with E-state index in [0.717, 1.165) is 0 Å². The predicted molar refractivity (Wildman–Crippen MR) is 49.4 cm³/mol. The Morgan fingerprint density at radius 3 is 2.36 bits per heavy atom. The fourth-order valence-corrected chi connectivity index (χ4v) is 1.34. The lowest BCUT2D eigenvalue weighted by atomic mass is 10.0. The van der Waals surface area contributed by atoms with E-state index in [2.05, 4.69) is 38.1 Å². The van der Waals surface area contributed by atoms with Crippen LogP contribution in [0.1, 0.15) is 26.2 Å². The molecule has 0 amide bonds. The summed E-state index contributed by atoms with van der Waals surface area (Å²) in [6.45, 7) is 2.22. The highest BCUT2D eigenvalue weighted by molar-refractivity contribution is 5.22. The van der Waals surface area contributed by atoms with Crippen LogP contribution in [0.15, 0.2) is 23.4 Å². The molecule has 1 nitrogen and oxygen atoms in total. The number of hydrogen-bond acceptors (Lipinski definition) is 1. The Bertz CT molecular complexity index is 187. The minimum absolute atomic E-state index is 1.21. The van der Waals surface area contributed by atoms with Crippen molar-refractivity contribution in [2.75, 3.05) is 14.1 Å². The third kappa shape index (κ3) is 2.11. The van der Waals surface area contributed by atoms with E-state index in [1.165, 1.54) is 25.0 Å². The van der Waals surface area contributed by atoms with Crippen LogP contribution in [0.3, 0.4) is 0 Å². The molecule has 0 unspecified atom stereocenters. The molecule has 0 aromatic rings. The first-order valence-corrected chi connectivity index (χ1v) is 4.30. The Morgan fingerprint density at radius 1 is 1.27 bits per heavy atom. The molecule has 0 fully saturated rings. The molecular formula is C10H17N. The first-order valence-electron chi connectivity index (χ1n) is 4.30. The van der Waals surface area contributed by atoms with Crippen LogP contribution in [-0.2, 0) is 0 Å². The third-order valence-electron chi connectivity index (χ3n) is 2.24. The minimum Gasteiger partial charge on any atom is -0.381 e. The predicted octanol–water partition coefficient (Wildman–Crippen LogP) is 2.56. The van der Waals surface area contributed by atoms with Gasteiger partial charge in [-0.05, 0) is 25.3 Å². The molecule has 62 valence electrons. The fraction of sp³-hybridized carbons (Fsp3) is 0.600. The molecular weight excluding hydrogens is 134 g/mol. The number of nitrogens with zero attached hydrogens (tertiary/aromatic N) is 1. The van der Waals surface area contributed by atoms with Gasteiger partial charge in [0.2, 0.25) is 0 Å². The molecule has 1 heteroatoms. The lowest BCUT2D eigenvalue weighted by Crippen LogP contribution is -2.12. The Balaban J connectivity index is 2.61. The van der Waals surface area contributed by atoms with Crippen molar-refractivity contribution in [2.24, 2.45) is 0 Å². The van der Waals surface area contributed by atoms with E-state index >= 15 is 0 Å². The highest BCUT2D eigenvalue weighted by atomic mass is 15.1. The van der Waals surface area contributed by atoms with Crippen molar-refractivity contribution in [1.82, 2.24) is 4.90 Å². The first kappa shape index (κ1) is 8.38. The standard InChI is InChI=1S/C10H17N/c1-4-9-5-7-10(8-6-9)11(2)3/h5,7H,4,6,8H2,1-3H3. The highest BCUT2D eigenvalue weighted by Gasteiger charge is 2.05. The van der Waals surface area contributed by atoms with Crippen molar-refractivity contribution in [1.29, 1.82) is 0 Å². The molecule has 0 aromatic heterocycles. The van der Waals surface area contributed by atoms with Gasteiger partial charge in [-0.25, -0.2) is 0 Å². The van der Waals surface area contributed by atoms with Gasteiger partial charge in [0, 0.05) is 19.8 Å². The summed E-state index contributed by atoms with van der Waals surface area (Å²) in [6, 6.07) is 0. The highest BCUT2D eigenvalue weighted by Crippen LogP contribution is 2.20. The quantitative estimate of drug-likeness (QED) is 0.586. The molecule has 1 aliphatic rings. The Morgan fingerprint density at radius 2 is 2.00 bits per heavy atom. The SMILES string of the molecule is CCC1=CC=C(N(C)C)CC1. The summed E-state index contributed by atoms with van der Waals surface area (Å²) < 4.78 is 0. The van der Waals surface area contributed by atoms with E-state index < -0.39 is 0 Å². The minimum atomic E-state index is 1.21. The van der Waals surface area contributed by atoms with Gasteiger partial charge in [-0.3, -0.25) is 0 Å². The van der Waals surface area contributed by atoms with Gasteiger partial charge in [0.05, 0.1) is 0 Å². The van der Waals surface area contributed by atoms with Gasteiger partial charge >= 0.3 is 0 Å². The molecule has 1 rings (SSSR count). The average molecular weight is 151 g/mol.